The molecule has 0 fully saturated rings. The summed E-state index contributed by atoms with van der Waals surface area (Å²) in [5.74, 6) is 0. The number of nitrogens with two attached hydrogens (primary N) is 1. The summed E-state index contributed by atoms with van der Waals surface area (Å²) in [7, 11) is 0. The molecule has 2 N–H and O–H groups in total. The van der Waals surface area contributed by atoms with E-state index in [2.05, 4.69) is 4.93 Å². The van der Waals surface area contributed by atoms with E-state index in [-0.39, 0.29) is 27.3 Å². The first-order valence-corrected chi connectivity index (χ1v) is 6.78. The van der Waals surface area contributed by atoms with Gasteiger partial charge in [-0.25, -0.2) is 0 Å². The van der Waals surface area contributed by atoms with Crippen LogP contribution in [0.25, 0.3) is 0 Å². The molecular weight excluding hydrogens is 245 g/mol. The number of hydrogen-bond acceptors (Lipinski definition) is 2. The predicted octanol–water partition coefficient (Wildman–Crippen LogP) is -2.42. The van der Waals surface area contributed by atoms with Gasteiger partial charge in [0.2, 0.25) is 0 Å². The molecule has 1 atom stereocenters. The third-order valence-corrected chi connectivity index (χ3v) is 2.93. The zero-order valence-corrected chi connectivity index (χ0v) is 8.42. The number of rotatable bonds is 4. The van der Waals surface area contributed by atoms with Gasteiger partial charge in [-0.3, -0.25) is 0 Å². The van der Waals surface area contributed by atoms with Crippen molar-refractivity contribution < 1.29 is 30.7 Å². The molecule has 0 heterocycles. The topological polar surface area (TPSA) is 52.3 Å². The van der Waals surface area contributed by atoms with Crippen molar-refractivity contribution in [3.05, 3.63) is 0 Å². The summed E-state index contributed by atoms with van der Waals surface area (Å²) in [5.41, 5.74) is 4.85. The maximum absolute atomic E-state index is 10.3. The molecule has 3 nitrogen and oxygen atoms in total. The number of hydrogen-bond donors (Lipinski definition) is 1. The van der Waals surface area contributed by atoms with Crippen LogP contribution in [-0.4, -0.2) is 21.6 Å². The van der Waals surface area contributed by atoms with Crippen LogP contribution in [0.15, 0.2) is 0 Å². The van der Waals surface area contributed by atoms with E-state index in [0.717, 1.165) is 10.8 Å². The Hall–Kier alpha value is 0. The number of carbonyl (C=O) groups is 1. The van der Waals surface area contributed by atoms with Crippen molar-refractivity contribution >= 4 is 6.09 Å². The van der Waals surface area contributed by atoms with Crippen LogP contribution in [0.5, 0.6) is 0 Å². The Bertz CT molecular complexity index is 108. The molecule has 1 amide bonds. The Morgan fingerprint density at radius 3 is 2.70 bits per heavy atom. The molecule has 0 saturated heterocycles. The molecule has 0 aliphatic carbocycles. The summed E-state index contributed by atoms with van der Waals surface area (Å²) < 4.78 is 5.82. The molecule has 0 aromatic heterocycles. The van der Waals surface area contributed by atoms with Gasteiger partial charge in [0, 0.05) is 0 Å². The van der Waals surface area contributed by atoms with E-state index >= 15 is 0 Å². The van der Waals surface area contributed by atoms with Gasteiger partial charge in [0.15, 0.2) is 0 Å². The number of primary amides is 1. The van der Waals surface area contributed by atoms with Gasteiger partial charge in [0.1, 0.15) is 0 Å². The van der Waals surface area contributed by atoms with Crippen LogP contribution in [0, 0.1) is 0 Å². The van der Waals surface area contributed by atoms with Crippen LogP contribution >= 0.6 is 0 Å². The first-order valence-electron chi connectivity index (χ1n) is 3.10. The number of alkyl halides is 2. The minimum atomic E-state index is -0.649. The normalized spacial score (nSPS) is 13.0. The molecule has 0 aliphatic heterocycles. The van der Waals surface area contributed by atoms with Gasteiger partial charge in [0.25, 0.3) is 0 Å². The number of carbonyl (C=O) groups excluding carboxylic acids is 1. The fourth-order valence-corrected chi connectivity index (χ4v) is 2.35. The van der Waals surface area contributed by atoms with Crippen molar-refractivity contribution in [3.8, 4) is 0 Å². The van der Waals surface area contributed by atoms with Gasteiger partial charge >= 0.3 is 71.4 Å². The van der Waals surface area contributed by atoms with Crippen LogP contribution in [0.2, 0.25) is 0 Å². The van der Waals surface area contributed by atoms with Crippen molar-refractivity contribution in [1.82, 2.24) is 0 Å². The second-order valence-corrected chi connectivity index (χ2v) is 4.30. The molecule has 10 heavy (non-hydrogen) atoms. The Labute approximate surface area is 71.6 Å². The average molecular weight is 258 g/mol. The fraction of sp³-hybridized carbons (Fsp3) is 0.833. The van der Waals surface area contributed by atoms with Crippen LogP contribution in [0.1, 0.15) is 13.3 Å². The predicted molar refractivity (Wildman–Crippen MR) is 35.5 cm³/mol. The summed E-state index contributed by atoms with van der Waals surface area (Å²) in [6, 6.07) is 0. The second-order valence-electron chi connectivity index (χ2n) is 1.89. The van der Waals surface area contributed by atoms with Crippen molar-refractivity contribution in [2.75, 3.05) is 9.36 Å². The first kappa shape index (κ1) is 10.0. The second kappa shape index (κ2) is 5.76. The van der Waals surface area contributed by atoms with Crippen LogP contribution < -0.4 is 26.9 Å². The van der Waals surface area contributed by atoms with Crippen molar-refractivity contribution in [3.63, 3.8) is 0 Å². The Morgan fingerprint density at radius 1 is 1.80 bits per heavy atom. The Kier molecular flexibility index (Phi) is 5.76. The molecule has 0 aromatic rings. The van der Waals surface area contributed by atoms with Gasteiger partial charge in [-0.05, 0) is 0 Å². The van der Waals surface area contributed by atoms with Crippen molar-refractivity contribution in [2.24, 2.45) is 5.73 Å². The van der Waals surface area contributed by atoms with Gasteiger partial charge in [0.05, 0.1) is 0 Å². The van der Waals surface area contributed by atoms with Gasteiger partial charge in [-0.1, -0.05) is 0 Å². The minimum absolute atomic E-state index is 0.0651. The molecule has 0 aromatic carbocycles. The number of ether oxygens (including phenoxy) is 1. The summed E-state index contributed by atoms with van der Waals surface area (Å²) in [5, 5.41) is 0. The molecule has 0 bridgehead atoms. The molecular formula is C6H13INO2-. The third kappa shape index (κ3) is 4.84. The molecule has 0 saturated carbocycles. The summed E-state index contributed by atoms with van der Waals surface area (Å²) in [6.07, 6.45) is 0.288. The van der Waals surface area contributed by atoms with E-state index in [1.54, 1.807) is 0 Å². The molecule has 0 rings (SSSR count). The fourth-order valence-electron chi connectivity index (χ4n) is 0.560. The summed E-state index contributed by atoms with van der Waals surface area (Å²) in [4.78, 5) is 12.4. The third-order valence-electron chi connectivity index (χ3n) is 1.06. The van der Waals surface area contributed by atoms with E-state index in [0.29, 0.717) is 0 Å². The zero-order valence-electron chi connectivity index (χ0n) is 6.26. The van der Waals surface area contributed by atoms with Crippen LogP contribution in [0.4, 0.5) is 4.79 Å². The van der Waals surface area contributed by atoms with E-state index < -0.39 is 6.09 Å². The zero-order chi connectivity index (χ0) is 7.98. The standard InChI is InChI=1S/C6H13INO2/c1-3-5(4-7-2)10-6(8)9/h5H,3-4H2,1-2H3,(H2,8,9)/q-1. The Balaban J connectivity index is 3.49. The molecule has 1 unspecified atom stereocenters. The van der Waals surface area contributed by atoms with Crippen LogP contribution in [0.3, 0.4) is 0 Å². The first-order chi connectivity index (χ1) is 4.70. The Morgan fingerprint density at radius 2 is 2.40 bits per heavy atom. The monoisotopic (exact) mass is 258 g/mol. The number of amides is 1. The van der Waals surface area contributed by atoms with Crippen molar-refractivity contribution in [2.45, 2.75) is 19.4 Å². The summed E-state index contributed by atoms with van der Waals surface area (Å²) >= 11 is 0.196. The van der Waals surface area contributed by atoms with E-state index in [4.69, 9.17) is 10.5 Å². The molecule has 62 valence electrons. The molecule has 0 spiro atoms. The van der Waals surface area contributed by atoms with E-state index in [1.807, 2.05) is 6.92 Å². The van der Waals surface area contributed by atoms with E-state index in [9.17, 15) is 4.79 Å². The SMILES string of the molecule is CCC(C[I-]C)OC(N)=O. The van der Waals surface area contributed by atoms with E-state index in [1.165, 1.54) is 0 Å². The van der Waals surface area contributed by atoms with Gasteiger partial charge in [-0.2, -0.15) is 0 Å². The quantitative estimate of drug-likeness (QED) is 0.450. The van der Waals surface area contributed by atoms with Gasteiger partial charge in [-0.15, -0.1) is 0 Å². The van der Waals surface area contributed by atoms with Gasteiger partial charge < -0.3 is 0 Å². The number of halogens is 1. The van der Waals surface area contributed by atoms with Crippen molar-refractivity contribution in [1.29, 1.82) is 0 Å². The molecule has 4 heteroatoms. The maximum atomic E-state index is 10.3. The molecule has 0 radical (unpaired) electrons. The average Bonchev–Trinajstić information content (AvgIpc) is 1.86. The summed E-state index contributed by atoms with van der Waals surface area (Å²) in [6.45, 7) is 1.99. The van der Waals surface area contributed by atoms with Crippen LogP contribution in [-0.2, 0) is 4.74 Å². The molecule has 0 aliphatic rings.